The van der Waals surface area contributed by atoms with Crippen LogP contribution in [0.1, 0.15) is 6.42 Å². The molecule has 1 aromatic heterocycles. The zero-order valence-electron chi connectivity index (χ0n) is 9.01. The van der Waals surface area contributed by atoms with Crippen molar-refractivity contribution in [3.63, 3.8) is 0 Å². The molecular weight excluding hydrogens is 229 g/mol. The lowest BCUT2D eigenvalue weighted by Crippen LogP contribution is -2.28. The van der Waals surface area contributed by atoms with Gasteiger partial charge in [-0.1, -0.05) is 0 Å². The molecule has 3 atom stereocenters. The molecule has 17 heavy (non-hydrogen) atoms. The Kier molecular flexibility index (Phi) is 3.25. The third kappa shape index (κ3) is 2.37. The largest absolute Gasteiger partial charge is 0.394 e. The van der Waals surface area contributed by atoms with Gasteiger partial charge in [-0.3, -0.25) is 0 Å². The summed E-state index contributed by atoms with van der Waals surface area (Å²) in [6.45, 7) is -0.222. The molecule has 7 nitrogen and oxygen atoms in total. The summed E-state index contributed by atoms with van der Waals surface area (Å²) in [7, 11) is 0. The molecule has 1 saturated heterocycles. The standard InChI is InChI=1S/C9H14FN5O2/c10-5-1-4(2-16)17-9(5)15-8-6(11)7(12)13-3-14-8/h3-5,9,16H,1-2,11H2,(H3,12,13,14,15)/t4?,5-,9?/m0/s1. The van der Waals surface area contributed by atoms with Crippen LogP contribution in [0.2, 0.25) is 0 Å². The van der Waals surface area contributed by atoms with Gasteiger partial charge >= 0.3 is 0 Å². The van der Waals surface area contributed by atoms with Crippen molar-refractivity contribution >= 4 is 17.3 Å². The van der Waals surface area contributed by atoms with Gasteiger partial charge in [0.2, 0.25) is 0 Å². The molecule has 0 amide bonds. The molecule has 6 N–H and O–H groups in total. The number of rotatable bonds is 3. The highest BCUT2D eigenvalue weighted by molar-refractivity contribution is 5.72. The van der Waals surface area contributed by atoms with Gasteiger partial charge in [-0.15, -0.1) is 0 Å². The molecule has 0 aliphatic carbocycles. The summed E-state index contributed by atoms with van der Waals surface area (Å²) in [5.41, 5.74) is 11.3. The first kappa shape index (κ1) is 11.8. The Labute approximate surface area is 97.0 Å². The predicted octanol–water partition coefficient (Wildman–Crippen LogP) is -0.502. The molecule has 1 fully saturated rings. The second-order valence-corrected chi connectivity index (χ2v) is 3.78. The number of aliphatic hydroxyl groups excluding tert-OH is 1. The molecule has 0 spiro atoms. The van der Waals surface area contributed by atoms with E-state index in [0.29, 0.717) is 0 Å². The normalized spacial score (nSPS) is 28.2. The monoisotopic (exact) mass is 243 g/mol. The van der Waals surface area contributed by atoms with E-state index < -0.39 is 18.5 Å². The summed E-state index contributed by atoms with van der Waals surface area (Å²) in [4.78, 5) is 7.54. The summed E-state index contributed by atoms with van der Waals surface area (Å²) in [5, 5.41) is 11.6. The van der Waals surface area contributed by atoms with Gasteiger partial charge in [0, 0.05) is 6.42 Å². The van der Waals surface area contributed by atoms with Crippen molar-refractivity contribution in [2.45, 2.75) is 24.9 Å². The average molecular weight is 243 g/mol. The van der Waals surface area contributed by atoms with E-state index in [9.17, 15) is 4.39 Å². The van der Waals surface area contributed by atoms with Crippen molar-refractivity contribution in [2.24, 2.45) is 0 Å². The van der Waals surface area contributed by atoms with Crippen LogP contribution in [0, 0.1) is 0 Å². The van der Waals surface area contributed by atoms with Crippen molar-refractivity contribution in [1.29, 1.82) is 0 Å². The van der Waals surface area contributed by atoms with Crippen LogP contribution < -0.4 is 16.8 Å². The molecule has 94 valence electrons. The van der Waals surface area contributed by atoms with Crippen LogP contribution in [-0.4, -0.2) is 40.2 Å². The van der Waals surface area contributed by atoms with E-state index in [1.54, 1.807) is 0 Å². The van der Waals surface area contributed by atoms with Crippen LogP contribution in [0.5, 0.6) is 0 Å². The van der Waals surface area contributed by atoms with Gasteiger partial charge in [-0.2, -0.15) is 0 Å². The molecule has 8 heteroatoms. The van der Waals surface area contributed by atoms with Crippen molar-refractivity contribution < 1.29 is 14.2 Å². The second kappa shape index (κ2) is 4.68. The molecule has 1 aliphatic rings. The van der Waals surface area contributed by atoms with Crippen LogP contribution in [-0.2, 0) is 4.74 Å². The molecule has 2 heterocycles. The first-order valence-corrected chi connectivity index (χ1v) is 5.14. The van der Waals surface area contributed by atoms with Crippen LogP contribution in [0.15, 0.2) is 6.33 Å². The van der Waals surface area contributed by atoms with Gasteiger partial charge in [0.05, 0.1) is 12.7 Å². The number of nitrogens with one attached hydrogen (secondary N) is 1. The number of alkyl halides is 1. The molecule has 0 radical (unpaired) electrons. The maximum atomic E-state index is 13.5. The van der Waals surface area contributed by atoms with E-state index >= 15 is 0 Å². The Hall–Kier alpha value is -1.67. The van der Waals surface area contributed by atoms with Gasteiger partial charge in [0.15, 0.2) is 17.9 Å². The number of hydrogen-bond donors (Lipinski definition) is 4. The minimum atomic E-state index is -1.23. The highest BCUT2D eigenvalue weighted by Gasteiger charge is 2.35. The van der Waals surface area contributed by atoms with Crippen molar-refractivity contribution in [2.75, 3.05) is 23.4 Å². The van der Waals surface area contributed by atoms with Gasteiger partial charge in [0.25, 0.3) is 0 Å². The van der Waals surface area contributed by atoms with Crippen LogP contribution in [0.4, 0.5) is 21.7 Å². The first-order chi connectivity index (χ1) is 8.11. The fourth-order valence-electron chi connectivity index (χ4n) is 1.62. The Bertz CT molecular complexity index is 405. The lowest BCUT2D eigenvalue weighted by Gasteiger charge is -2.17. The smallest absolute Gasteiger partial charge is 0.161 e. The van der Waals surface area contributed by atoms with Gasteiger partial charge < -0.3 is 26.6 Å². The second-order valence-electron chi connectivity index (χ2n) is 3.78. The minimum absolute atomic E-state index is 0.120. The topological polar surface area (TPSA) is 119 Å². The average Bonchev–Trinajstić information content (AvgIpc) is 2.66. The van der Waals surface area contributed by atoms with Gasteiger partial charge in [-0.25, -0.2) is 14.4 Å². The number of anilines is 3. The fraction of sp³-hybridized carbons (Fsp3) is 0.556. The Morgan fingerprint density at radius 2 is 2.29 bits per heavy atom. The number of aliphatic hydroxyl groups is 1. The maximum absolute atomic E-state index is 13.5. The van der Waals surface area contributed by atoms with Crippen molar-refractivity contribution in [3.05, 3.63) is 6.33 Å². The van der Waals surface area contributed by atoms with E-state index in [2.05, 4.69) is 15.3 Å². The highest BCUT2D eigenvalue weighted by Crippen LogP contribution is 2.27. The Morgan fingerprint density at radius 1 is 1.53 bits per heavy atom. The van der Waals surface area contributed by atoms with E-state index in [0.717, 1.165) is 0 Å². The summed E-state index contributed by atoms with van der Waals surface area (Å²) in [6, 6.07) is 0. The molecule has 2 rings (SSSR count). The van der Waals surface area contributed by atoms with Crippen molar-refractivity contribution in [1.82, 2.24) is 9.97 Å². The fourth-order valence-corrected chi connectivity index (χ4v) is 1.62. The molecule has 2 unspecified atom stereocenters. The van der Waals surface area contributed by atoms with Crippen LogP contribution in [0.25, 0.3) is 0 Å². The van der Waals surface area contributed by atoms with E-state index in [-0.39, 0.29) is 30.4 Å². The zero-order chi connectivity index (χ0) is 12.4. The lowest BCUT2D eigenvalue weighted by atomic mass is 10.2. The SMILES string of the molecule is Nc1ncnc(NC2OC(CO)C[C@@H]2F)c1N. The van der Waals surface area contributed by atoms with Crippen LogP contribution in [0.3, 0.4) is 0 Å². The van der Waals surface area contributed by atoms with Crippen molar-refractivity contribution in [3.8, 4) is 0 Å². The first-order valence-electron chi connectivity index (χ1n) is 5.14. The molecule has 1 aromatic rings. The number of nitrogens with two attached hydrogens (primary N) is 2. The number of aromatic nitrogens is 2. The molecule has 0 bridgehead atoms. The predicted molar refractivity (Wildman–Crippen MR) is 59.7 cm³/mol. The minimum Gasteiger partial charge on any atom is -0.394 e. The summed E-state index contributed by atoms with van der Waals surface area (Å²) < 4.78 is 18.8. The summed E-state index contributed by atoms with van der Waals surface area (Å²) in [5.74, 6) is 0.346. The highest BCUT2D eigenvalue weighted by atomic mass is 19.1. The molecule has 1 aliphatic heterocycles. The number of nitrogens with zero attached hydrogens (tertiary/aromatic N) is 2. The van der Waals surface area contributed by atoms with Crippen LogP contribution >= 0.6 is 0 Å². The third-order valence-electron chi connectivity index (χ3n) is 2.55. The number of hydrogen-bond acceptors (Lipinski definition) is 7. The Balaban J connectivity index is 2.08. The van der Waals surface area contributed by atoms with E-state index in [4.69, 9.17) is 21.3 Å². The summed E-state index contributed by atoms with van der Waals surface area (Å²) >= 11 is 0. The maximum Gasteiger partial charge on any atom is 0.161 e. The summed E-state index contributed by atoms with van der Waals surface area (Å²) in [6.07, 6.45) is -1.27. The number of halogens is 1. The zero-order valence-corrected chi connectivity index (χ0v) is 9.01. The molecule has 0 aromatic carbocycles. The lowest BCUT2D eigenvalue weighted by molar-refractivity contribution is 0.0152. The van der Waals surface area contributed by atoms with E-state index in [1.165, 1.54) is 6.33 Å². The quantitative estimate of drug-likeness (QED) is 0.564. The Morgan fingerprint density at radius 3 is 2.94 bits per heavy atom. The van der Waals surface area contributed by atoms with E-state index in [1.807, 2.05) is 0 Å². The molecular formula is C9H14FN5O2. The molecule has 0 saturated carbocycles. The van der Waals surface area contributed by atoms with Gasteiger partial charge in [0.1, 0.15) is 18.2 Å². The number of nitrogen functional groups attached to an aromatic ring is 2. The van der Waals surface area contributed by atoms with Gasteiger partial charge in [-0.05, 0) is 0 Å². The number of ether oxygens (including phenoxy) is 1. The third-order valence-corrected chi connectivity index (χ3v) is 2.55.